The van der Waals surface area contributed by atoms with E-state index in [1.165, 1.54) is 13.2 Å². The van der Waals surface area contributed by atoms with E-state index in [1.54, 1.807) is 24.3 Å². The standard InChI is InChI=1S/C25H30N2O7S/c1-33-27-22(17-19-9-5-3-6-10-19)24(29)23(28)14-13-21(15-16-35(2,31)32)26-25(30)34-18-20-11-7-4-8-12-20/h3-14,21-22,27H,15-18H2,1-2H3,(H,26,30)/b14-13+/t21-,22+/m1/s1. The second-order valence-electron chi connectivity index (χ2n) is 7.88. The number of benzene rings is 2. The Kier molecular flexibility index (Phi) is 11.3. The molecule has 35 heavy (non-hydrogen) atoms. The summed E-state index contributed by atoms with van der Waals surface area (Å²) in [7, 11) is -1.98. The predicted octanol–water partition coefficient (Wildman–Crippen LogP) is 2.17. The van der Waals surface area contributed by atoms with Gasteiger partial charge in [-0.2, -0.15) is 5.48 Å². The van der Waals surface area contributed by atoms with Gasteiger partial charge in [0.1, 0.15) is 22.5 Å². The Morgan fingerprint density at radius 1 is 0.971 bits per heavy atom. The van der Waals surface area contributed by atoms with E-state index in [0.29, 0.717) is 0 Å². The summed E-state index contributed by atoms with van der Waals surface area (Å²) in [6, 6.07) is 16.4. The number of ketones is 2. The first-order valence-electron chi connectivity index (χ1n) is 10.9. The third kappa shape index (κ3) is 11.1. The van der Waals surface area contributed by atoms with Crippen LogP contribution in [0, 0.1) is 0 Å². The van der Waals surface area contributed by atoms with Crippen LogP contribution in [0.25, 0.3) is 0 Å². The van der Waals surface area contributed by atoms with Gasteiger partial charge in [0.15, 0.2) is 0 Å². The molecule has 0 aliphatic carbocycles. The minimum absolute atomic E-state index is 0.000998. The van der Waals surface area contributed by atoms with Gasteiger partial charge >= 0.3 is 6.09 Å². The molecule has 2 atom stereocenters. The lowest BCUT2D eigenvalue weighted by atomic mass is 10.00. The van der Waals surface area contributed by atoms with Gasteiger partial charge in [0, 0.05) is 6.26 Å². The largest absolute Gasteiger partial charge is 0.445 e. The first-order chi connectivity index (χ1) is 16.7. The number of amides is 1. The van der Waals surface area contributed by atoms with E-state index < -0.39 is 39.6 Å². The predicted molar refractivity (Wildman–Crippen MR) is 131 cm³/mol. The molecule has 2 aromatic rings. The van der Waals surface area contributed by atoms with E-state index in [2.05, 4.69) is 10.8 Å². The molecule has 0 bridgehead atoms. The molecule has 0 heterocycles. The fourth-order valence-electron chi connectivity index (χ4n) is 3.11. The highest BCUT2D eigenvalue weighted by Gasteiger charge is 2.24. The maximum atomic E-state index is 12.7. The summed E-state index contributed by atoms with van der Waals surface area (Å²) in [6.07, 6.45) is 2.85. The Morgan fingerprint density at radius 2 is 1.57 bits per heavy atom. The number of Topliss-reactive ketones (excluding diaryl/α,β-unsaturated/α-hetero) is 1. The second-order valence-corrected chi connectivity index (χ2v) is 10.1. The number of allylic oxidation sites excluding steroid dienone is 1. The number of hydroxylamine groups is 1. The van der Waals surface area contributed by atoms with Crippen LogP contribution < -0.4 is 10.8 Å². The first-order valence-corrected chi connectivity index (χ1v) is 13.0. The summed E-state index contributed by atoms with van der Waals surface area (Å²) in [5, 5.41) is 2.53. The molecule has 0 spiro atoms. The topological polar surface area (TPSA) is 128 Å². The van der Waals surface area contributed by atoms with E-state index in [1.807, 2.05) is 36.4 Å². The summed E-state index contributed by atoms with van der Waals surface area (Å²) in [5.74, 6) is -1.79. The molecule has 0 aliphatic heterocycles. The molecule has 9 nitrogen and oxygen atoms in total. The third-order valence-corrected chi connectivity index (χ3v) is 5.87. The molecule has 0 aliphatic rings. The van der Waals surface area contributed by atoms with Crippen molar-refractivity contribution in [3.05, 3.63) is 83.9 Å². The summed E-state index contributed by atoms with van der Waals surface area (Å²) in [4.78, 5) is 42.4. The highest BCUT2D eigenvalue weighted by Crippen LogP contribution is 2.07. The zero-order chi connectivity index (χ0) is 25.7. The molecule has 188 valence electrons. The Hall–Kier alpha value is -3.34. The molecule has 0 saturated heterocycles. The molecule has 2 N–H and O–H groups in total. The van der Waals surface area contributed by atoms with Crippen LogP contribution in [0.2, 0.25) is 0 Å². The van der Waals surface area contributed by atoms with Gasteiger partial charge in [-0.25, -0.2) is 13.2 Å². The average molecular weight is 503 g/mol. The molecular weight excluding hydrogens is 472 g/mol. The van der Waals surface area contributed by atoms with Crippen molar-refractivity contribution >= 4 is 27.5 Å². The highest BCUT2D eigenvalue weighted by molar-refractivity contribution is 7.90. The van der Waals surface area contributed by atoms with Gasteiger partial charge in [-0.15, -0.1) is 0 Å². The summed E-state index contributed by atoms with van der Waals surface area (Å²) < 4.78 is 28.4. The van der Waals surface area contributed by atoms with Crippen LogP contribution in [0.1, 0.15) is 17.5 Å². The van der Waals surface area contributed by atoms with Crippen LogP contribution in [0.4, 0.5) is 4.79 Å². The molecule has 10 heteroatoms. The molecule has 2 aromatic carbocycles. The van der Waals surface area contributed by atoms with E-state index in [4.69, 9.17) is 9.57 Å². The normalized spacial score (nSPS) is 13.2. The lowest BCUT2D eigenvalue weighted by molar-refractivity contribution is -0.137. The monoisotopic (exact) mass is 502 g/mol. The van der Waals surface area contributed by atoms with Crippen LogP contribution in [0.3, 0.4) is 0 Å². The van der Waals surface area contributed by atoms with Crippen molar-refractivity contribution in [2.45, 2.75) is 31.5 Å². The van der Waals surface area contributed by atoms with Crippen LogP contribution in [0.15, 0.2) is 72.8 Å². The Balaban J connectivity index is 2.04. The van der Waals surface area contributed by atoms with Crippen molar-refractivity contribution in [3.8, 4) is 0 Å². The van der Waals surface area contributed by atoms with Crippen molar-refractivity contribution < 1.29 is 32.4 Å². The molecule has 0 radical (unpaired) electrons. The summed E-state index contributed by atoms with van der Waals surface area (Å²) in [6.45, 7) is 0.0243. The van der Waals surface area contributed by atoms with Crippen molar-refractivity contribution in [1.29, 1.82) is 0 Å². The van der Waals surface area contributed by atoms with Gasteiger partial charge in [-0.05, 0) is 30.0 Å². The van der Waals surface area contributed by atoms with Gasteiger partial charge in [0.05, 0.1) is 18.9 Å². The van der Waals surface area contributed by atoms with E-state index in [-0.39, 0.29) is 25.2 Å². The second kappa shape index (κ2) is 14.1. The Morgan fingerprint density at radius 3 is 2.14 bits per heavy atom. The molecule has 0 fully saturated rings. The number of nitrogens with one attached hydrogen (secondary N) is 2. The van der Waals surface area contributed by atoms with Crippen LogP contribution in [0.5, 0.6) is 0 Å². The van der Waals surface area contributed by atoms with E-state index in [0.717, 1.165) is 23.5 Å². The number of alkyl carbamates (subject to hydrolysis) is 1. The fourth-order valence-corrected chi connectivity index (χ4v) is 3.79. The summed E-state index contributed by atoms with van der Waals surface area (Å²) >= 11 is 0. The number of rotatable bonds is 14. The number of carbonyl (C=O) groups is 3. The molecule has 0 saturated carbocycles. The molecular formula is C25H30N2O7S. The zero-order valence-corrected chi connectivity index (χ0v) is 20.5. The van der Waals surface area contributed by atoms with E-state index in [9.17, 15) is 22.8 Å². The zero-order valence-electron chi connectivity index (χ0n) is 19.7. The molecule has 0 aromatic heterocycles. The average Bonchev–Trinajstić information content (AvgIpc) is 2.84. The van der Waals surface area contributed by atoms with Crippen LogP contribution in [-0.4, -0.2) is 57.3 Å². The van der Waals surface area contributed by atoms with Gasteiger partial charge in [-0.1, -0.05) is 66.7 Å². The maximum absolute atomic E-state index is 12.7. The van der Waals surface area contributed by atoms with Crippen molar-refractivity contribution in [1.82, 2.24) is 10.8 Å². The number of ether oxygens (including phenoxy) is 1. The molecule has 2 rings (SSSR count). The van der Waals surface area contributed by atoms with Gasteiger partial charge in [0.25, 0.3) is 0 Å². The van der Waals surface area contributed by atoms with Gasteiger partial charge in [0.2, 0.25) is 11.6 Å². The lowest BCUT2D eigenvalue weighted by Crippen LogP contribution is -2.41. The summed E-state index contributed by atoms with van der Waals surface area (Å²) in [5.41, 5.74) is 4.15. The van der Waals surface area contributed by atoms with Crippen LogP contribution >= 0.6 is 0 Å². The van der Waals surface area contributed by atoms with Crippen molar-refractivity contribution in [2.75, 3.05) is 19.1 Å². The van der Waals surface area contributed by atoms with Crippen molar-refractivity contribution in [2.24, 2.45) is 0 Å². The van der Waals surface area contributed by atoms with Gasteiger partial charge in [-0.3, -0.25) is 9.59 Å². The first kappa shape index (κ1) is 27.9. The maximum Gasteiger partial charge on any atom is 0.407 e. The molecule has 0 unspecified atom stereocenters. The quantitative estimate of drug-likeness (QED) is 0.229. The Bertz CT molecular complexity index is 1100. The highest BCUT2D eigenvalue weighted by atomic mass is 32.2. The Labute approximate surface area is 205 Å². The number of hydrogen-bond acceptors (Lipinski definition) is 8. The fraction of sp³-hybridized carbons (Fsp3) is 0.320. The number of carbonyl (C=O) groups excluding carboxylic acids is 3. The minimum Gasteiger partial charge on any atom is -0.445 e. The number of hydrogen-bond donors (Lipinski definition) is 2. The SMILES string of the molecule is CON[C@@H](Cc1ccccc1)C(=O)C(=O)/C=C/[C@H](CCS(C)(=O)=O)NC(=O)OCc1ccccc1. The lowest BCUT2D eigenvalue weighted by Gasteiger charge is -2.16. The van der Waals surface area contributed by atoms with Crippen LogP contribution in [-0.2, 0) is 42.0 Å². The third-order valence-electron chi connectivity index (χ3n) is 4.90. The van der Waals surface area contributed by atoms with Crippen molar-refractivity contribution in [3.63, 3.8) is 0 Å². The number of sulfone groups is 1. The molecule has 1 amide bonds. The minimum atomic E-state index is -3.32. The van der Waals surface area contributed by atoms with E-state index >= 15 is 0 Å². The van der Waals surface area contributed by atoms with Gasteiger partial charge < -0.3 is 14.9 Å². The smallest absolute Gasteiger partial charge is 0.407 e.